The van der Waals surface area contributed by atoms with E-state index in [2.05, 4.69) is 11.1 Å². The Kier molecular flexibility index (Phi) is 0.247. The predicted octanol–water partition coefficient (Wildman–Crippen LogP) is 0.771. The van der Waals surface area contributed by atoms with E-state index in [0.717, 1.165) is 6.54 Å². The van der Waals surface area contributed by atoms with Crippen LogP contribution in [0.5, 0.6) is 0 Å². The van der Waals surface area contributed by atoms with Gasteiger partial charge in [-0.15, -0.1) is 0 Å². The molecule has 0 saturated heterocycles. The Morgan fingerprint density at radius 1 is 1.67 bits per heavy atom. The maximum absolute atomic E-state index is 4.13. The van der Waals surface area contributed by atoms with Crippen molar-refractivity contribution in [2.75, 3.05) is 6.54 Å². The summed E-state index contributed by atoms with van der Waals surface area (Å²) in [6.07, 6.45) is 3.36. The average Bonchev–Trinajstić information content (AvgIpc) is 2.17. The average molecular weight is 79.1 g/mol. The van der Waals surface area contributed by atoms with Crippen molar-refractivity contribution >= 4 is 5.71 Å². The molecule has 0 unspecified atom stereocenters. The van der Waals surface area contributed by atoms with Crippen LogP contribution in [0, 0.1) is 0 Å². The molecule has 0 saturated carbocycles. The van der Waals surface area contributed by atoms with Crippen LogP contribution in [-0.2, 0) is 0 Å². The molecule has 1 aliphatic heterocycles. The Hall–Kier alpha value is -0.590. The Bertz CT molecular complexity index is 139. The van der Waals surface area contributed by atoms with Gasteiger partial charge in [-0.25, -0.2) is 0 Å². The fraction of sp³-hybridized carbons (Fsp3) is 0.400. The predicted molar refractivity (Wildman–Crippen MR) is 25.0 cm³/mol. The zero-order valence-electron chi connectivity index (χ0n) is 3.44. The zero-order valence-corrected chi connectivity index (χ0v) is 3.44. The fourth-order valence-electron chi connectivity index (χ4n) is 0.773. The van der Waals surface area contributed by atoms with Gasteiger partial charge in [0.2, 0.25) is 0 Å². The summed E-state index contributed by atoms with van der Waals surface area (Å²) in [5.74, 6) is 0. The highest BCUT2D eigenvalue weighted by atomic mass is 14.8. The number of hydrogen-bond donors (Lipinski definition) is 0. The third-order valence-electron chi connectivity index (χ3n) is 1.22. The number of aliphatic imine (C=N–C) groups is 1. The van der Waals surface area contributed by atoms with E-state index >= 15 is 0 Å². The molecule has 0 N–H and O–H groups in total. The van der Waals surface area contributed by atoms with E-state index in [9.17, 15) is 0 Å². The summed E-state index contributed by atoms with van der Waals surface area (Å²) in [6.45, 7) is 1.06. The van der Waals surface area contributed by atoms with Crippen LogP contribution in [0.25, 0.3) is 0 Å². The van der Waals surface area contributed by atoms with Crippen molar-refractivity contribution in [3.05, 3.63) is 11.6 Å². The highest BCUT2D eigenvalue weighted by Crippen LogP contribution is 2.25. The lowest BCUT2D eigenvalue weighted by Gasteiger charge is -1.70. The number of hydrogen-bond acceptors (Lipinski definition) is 1. The zero-order chi connectivity index (χ0) is 3.98. The number of rotatable bonds is 0. The molecular formula is C5H5N. The summed E-state index contributed by atoms with van der Waals surface area (Å²) in [6, 6.07) is 0. The molecule has 2 aliphatic rings. The van der Waals surface area contributed by atoms with Crippen LogP contribution < -0.4 is 0 Å². The normalized spacial score (nSPS) is 25.3. The van der Waals surface area contributed by atoms with Crippen LogP contribution in [0.3, 0.4) is 0 Å². The van der Waals surface area contributed by atoms with Gasteiger partial charge >= 0.3 is 0 Å². The van der Waals surface area contributed by atoms with Crippen LogP contribution in [0.2, 0.25) is 0 Å². The van der Waals surface area contributed by atoms with Gasteiger partial charge in [-0.05, 0) is 18.1 Å². The van der Waals surface area contributed by atoms with Gasteiger partial charge in [0, 0.05) is 6.54 Å². The molecule has 2 rings (SSSR count). The molecule has 6 heavy (non-hydrogen) atoms. The first kappa shape index (κ1) is 2.56. The molecule has 0 radical (unpaired) electrons. The van der Waals surface area contributed by atoms with Crippen molar-refractivity contribution in [2.45, 2.75) is 6.42 Å². The summed E-state index contributed by atoms with van der Waals surface area (Å²) in [5.41, 5.74) is 2.78. The highest BCUT2D eigenvalue weighted by molar-refractivity contribution is 6.24. The molecule has 0 aromatic rings. The van der Waals surface area contributed by atoms with Gasteiger partial charge in [-0.1, -0.05) is 0 Å². The van der Waals surface area contributed by atoms with E-state index in [0.29, 0.717) is 0 Å². The molecule has 0 amide bonds. The minimum absolute atomic E-state index is 1.06. The SMILES string of the molecule is C1=C2CCN=C12. The van der Waals surface area contributed by atoms with Gasteiger partial charge < -0.3 is 0 Å². The van der Waals surface area contributed by atoms with Gasteiger partial charge in [0.25, 0.3) is 0 Å². The van der Waals surface area contributed by atoms with Gasteiger partial charge in [0.05, 0.1) is 5.71 Å². The minimum Gasteiger partial charge on any atom is -0.285 e. The van der Waals surface area contributed by atoms with E-state index in [1.165, 1.54) is 17.7 Å². The second-order valence-corrected chi connectivity index (χ2v) is 1.69. The smallest absolute Gasteiger partial charge is 0.0611 e. The lowest BCUT2D eigenvalue weighted by Crippen LogP contribution is -1.64. The Balaban J connectivity index is 2.46. The van der Waals surface area contributed by atoms with E-state index < -0.39 is 0 Å². The fourth-order valence-corrected chi connectivity index (χ4v) is 0.773. The molecule has 0 fully saturated rings. The van der Waals surface area contributed by atoms with Gasteiger partial charge in [-0.2, -0.15) is 0 Å². The second kappa shape index (κ2) is 0.579. The topological polar surface area (TPSA) is 12.4 Å². The van der Waals surface area contributed by atoms with E-state index in [-0.39, 0.29) is 0 Å². The van der Waals surface area contributed by atoms with Gasteiger partial charge in [0.15, 0.2) is 0 Å². The molecular weight excluding hydrogens is 74.1 g/mol. The molecule has 0 aromatic carbocycles. The molecule has 1 heterocycles. The first-order chi connectivity index (χ1) is 2.97. The summed E-state index contributed by atoms with van der Waals surface area (Å²) in [5, 5.41) is 0. The van der Waals surface area contributed by atoms with E-state index in [1.54, 1.807) is 0 Å². The molecule has 0 atom stereocenters. The molecule has 30 valence electrons. The summed E-state index contributed by atoms with van der Waals surface area (Å²) < 4.78 is 0. The maximum atomic E-state index is 4.13. The maximum Gasteiger partial charge on any atom is 0.0611 e. The van der Waals surface area contributed by atoms with E-state index in [4.69, 9.17) is 0 Å². The first-order valence-electron chi connectivity index (χ1n) is 2.22. The van der Waals surface area contributed by atoms with Crippen LogP contribution in [-0.4, -0.2) is 12.3 Å². The molecule has 0 aromatic heterocycles. The number of nitrogens with zero attached hydrogens (tertiary/aromatic N) is 1. The Labute approximate surface area is 36.4 Å². The van der Waals surface area contributed by atoms with Gasteiger partial charge in [0.1, 0.15) is 0 Å². The molecule has 0 spiro atoms. The van der Waals surface area contributed by atoms with Crippen molar-refractivity contribution in [3.8, 4) is 0 Å². The van der Waals surface area contributed by atoms with Crippen molar-refractivity contribution in [2.24, 2.45) is 4.99 Å². The van der Waals surface area contributed by atoms with Crippen molar-refractivity contribution in [3.63, 3.8) is 0 Å². The summed E-state index contributed by atoms with van der Waals surface area (Å²) in [7, 11) is 0. The van der Waals surface area contributed by atoms with E-state index in [1.807, 2.05) is 0 Å². The third-order valence-corrected chi connectivity index (χ3v) is 1.22. The standard InChI is InChI=1S/C5H5N/c1-2-6-5-3-4(1)5/h3H,1-2H2. The number of allylic oxidation sites excluding steroid dienone is 1. The minimum atomic E-state index is 1.06. The monoisotopic (exact) mass is 79.0 g/mol. The largest absolute Gasteiger partial charge is 0.285 e. The van der Waals surface area contributed by atoms with Gasteiger partial charge in [-0.3, -0.25) is 4.99 Å². The lowest BCUT2D eigenvalue weighted by atomic mass is 10.4. The number of dihydropyridines is 1. The highest BCUT2D eigenvalue weighted by Gasteiger charge is 2.21. The molecule has 1 heteroatoms. The first-order valence-corrected chi connectivity index (χ1v) is 2.22. The van der Waals surface area contributed by atoms with Crippen LogP contribution in [0.15, 0.2) is 16.6 Å². The number of fused-ring (bicyclic) bond motifs is 1. The van der Waals surface area contributed by atoms with Crippen molar-refractivity contribution in [1.29, 1.82) is 0 Å². The van der Waals surface area contributed by atoms with Crippen LogP contribution in [0.1, 0.15) is 6.42 Å². The Morgan fingerprint density at radius 2 is 2.67 bits per heavy atom. The third kappa shape index (κ3) is 0.152. The lowest BCUT2D eigenvalue weighted by molar-refractivity contribution is 1.04. The van der Waals surface area contributed by atoms with Crippen molar-refractivity contribution < 1.29 is 0 Å². The van der Waals surface area contributed by atoms with Crippen molar-refractivity contribution in [1.82, 2.24) is 0 Å². The second-order valence-electron chi connectivity index (χ2n) is 1.69. The van der Waals surface area contributed by atoms with Crippen LogP contribution in [0.4, 0.5) is 0 Å². The molecule has 1 aliphatic carbocycles. The van der Waals surface area contributed by atoms with Crippen LogP contribution >= 0.6 is 0 Å². The molecule has 1 nitrogen and oxygen atoms in total. The summed E-state index contributed by atoms with van der Waals surface area (Å²) in [4.78, 5) is 4.13. The quantitative estimate of drug-likeness (QED) is 0.406. The Morgan fingerprint density at radius 3 is 2.83 bits per heavy atom. The summed E-state index contributed by atoms with van der Waals surface area (Å²) >= 11 is 0. The molecule has 0 bridgehead atoms.